The molecule has 0 aliphatic carbocycles. The van der Waals surface area contributed by atoms with E-state index < -0.39 is 55.1 Å². The Morgan fingerprint density at radius 2 is 0.816 bits per heavy atom. The minimum atomic E-state index is -0.877. The summed E-state index contributed by atoms with van der Waals surface area (Å²) in [6.45, 7) is 23.7. The standard InChI is InChI=1S/C35H44Cl4O10/c1-17(2)33(40)48-23(9)44-19(5)42-21(7)46-31-27(36)13-25(14-28(31)37)35(11,12)26-15-29(38)32(30(39)16-26)47-22(8)43-20(6)45-24(10)49-34(41)18(3)4/h13-16,19-24H,1,3H2,2,4-12H3. The van der Waals surface area contributed by atoms with E-state index in [4.69, 9.17) is 84.3 Å². The zero-order valence-corrected chi connectivity index (χ0v) is 32.3. The molecule has 0 saturated carbocycles. The van der Waals surface area contributed by atoms with E-state index in [0.29, 0.717) is 0 Å². The summed E-state index contributed by atoms with van der Waals surface area (Å²) in [5.41, 5.74) is 1.32. The van der Waals surface area contributed by atoms with Crippen LogP contribution in [0, 0.1) is 0 Å². The first-order chi connectivity index (χ1) is 22.6. The number of hydrogen-bond acceptors (Lipinski definition) is 10. The quantitative estimate of drug-likeness (QED) is 0.0827. The van der Waals surface area contributed by atoms with Gasteiger partial charge in [-0.3, -0.25) is 0 Å². The highest BCUT2D eigenvalue weighted by Crippen LogP contribution is 2.44. The Balaban J connectivity index is 2.12. The van der Waals surface area contributed by atoms with E-state index in [1.165, 1.54) is 13.8 Å². The van der Waals surface area contributed by atoms with Gasteiger partial charge < -0.3 is 37.9 Å². The molecule has 14 heteroatoms. The summed E-state index contributed by atoms with van der Waals surface area (Å²) in [7, 11) is 0. The van der Waals surface area contributed by atoms with Gasteiger partial charge in [0.1, 0.15) is 0 Å². The maximum Gasteiger partial charge on any atom is 0.335 e. The van der Waals surface area contributed by atoms with Crippen LogP contribution in [0.15, 0.2) is 48.6 Å². The lowest BCUT2D eigenvalue weighted by Crippen LogP contribution is -2.29. The summed E-state index contributed by atoms with van der Waals surface area (Å²) in [4.78, 5) is 23.4. The third kappa shape index (κ3) is 12.9. The first kappa shape index (κ1) is 42.6. The summed E-state index contributed by atoms with van der Waals surface area (Å²) in [6, 6.07) is 6.92. The summed E-state index contributed by atoms with van der Waals surface area (Å²) in [6.07, 6.45) is -5.01. The molecule has 0 amide bonds. The van der Waals surface area contributed by atoms with Crippen LogP contribution in [0.4, 0.5) is 0 Å². The molecule has 2 aromatic rings. The molecule has 0 spiro atoms. The molecule has 0 aromatic heterocycles. The summed E-state index contributed by atoms with van der Waals surface area (Å²) in [5, 5.41) is 0.969. The van der Waals surface area contributed by atoms with E-state index in [0.717, 1.165) is 11.1 Å². The Hall–Kier alpha value is -2.54. The molecule has 272 valence electrons. The predicted octanol–water partition coefficient (Wildman–Crippen LogP) is 9.76. The Kier molecular flexibility index (Phi) is 16.2. The van der Waals surface area contributed by atoms with Crippen LogP contribution in [0.2, 0.25) is 20.1 Å². The van der Waals surface area contributed by atoms with Gasteiger partial charge in [-0.15, -0.1) is 0 Å². The summed E-state index contributed by atoms with van der Waals surface area (Å²) < 4.78 is 44.5. The Morgan fingerprint density at radius 3 is 1.08 bits per heavy atom. The van der Waals surface area contributed by atoms with E-state index >= 15 is 0 Å². The van der Waals surface area contributed by atoms with Crippen molar-refractivity contribution in [3.63, 3.8) is 0 Å². The van der Waals surface area contributed by atoms with Crippen molar-refractivity contribution < 1.29 is 47.5 Å². The number of esters is 2. The van der Waals surface area contributed by atoms with Crippen molar-refractivity contribution in [1.29, 1.82) is 0 Å². The zero-order chi connectivity index (χ0) is 37.4. The molecule has 0 heterocycles. The number of rotatable bonds is 18. The van der Waals surface area contributed by atoms with Crippen molar-refractivity contribution in [3.05, 3.63) is 79.8 Å². The second-order valence-corrected chi connectivity index (χ2v) is 13.3. The van der Waals surface area contributed by atoms with Gasteiger partial charge in [0.25, 0.3) is 0 Å². The lowest BCUT2D eigenvalue weighted by molar-refractivity contribution is -0.260. The lowest BCUT2D eigenvalue weighted by Gasteiger charge is -2.29. The third-order valence-electron chi connectivity index (χ3n) is 6.78. The molecule has 0 aliphatic heterocycles. The first-order valence-electron chi connectivity index (χ1n) is 15.3. The molecule has 0 saturated heterocycles. The monoisotopic (exact) mass is 764 g/mol. The Bertz CT molecular complexity index is 1360. The minimum absolute atomic E-state index is 0.208. The van der Waals surface area contributed by atoms with E-state index in [-0.39, 0.29) is 42.7 Å². The molecule has 0 fully saturated rings. The highest BCUT2D eigenvalue weighted by molar-refractivity contribution is 6.38. The average molecular weight is 767 g/mol. The van der Waals surface area contributed by atoms with Gasteiger partial charge in [-0.05, 0) is 90.8 Å². The fraction of sp³-hybridized carbons (Fsp3) is 0.486. The van der Waals surface area contributed by atoms with Crippen molar-refractivity contribution in [1.82, 2.24) is 0 Å². The second kappa shape index (κ2) is 18.6. The largest absolute Gasteiger partial charge is 0.462 e. The van der Waals surface area contributed by atoms with E-state index in [9.17, 15) is 9.59 Å². The highest BCUT2D eigenvalue weighted by Gasteiger charge is 2.29. The van der Waals surface area contributed by atoms with Crippen LogP contribution in [0.5, 0.6) is 11.5 Å². The molecular weight excluding hydrogens is 722 g/mol. The van der Waals surface area contributed by atoms with Crippen molar-refractivity contribution in [2.24, 2.45) is 0 Å². The minimum Gasteiger partial charge on any atom is -0.462 e. The molecule has 2 aromatic carbocycles. The Labute approximate surface area is 308 Å². The number of benzene rings is 2. The number of halogens is 4. The number of hydrogen-bond donors (Lipinski definition) is 0. The topological polar surface area (TPSA) is 108 Å². The van der Waals surface area contributed by atoms with Gasteiger partial charge in [0.05, 0.1) is 20.1 Å². The van der Waals surface area contributed by atoms with Crippen LogP contribution < -0.4 is 9.47 Å². The van der Waals surface area contributed by atoms with E-state index in [1.807, 2.05) is 13.8 Å². The number of carbonyl (C=O) groups is 2. The molecular formula is C35H44Cl4O10. The molecule has 2 rings (SSSR count). The molecule has 0 N–H and O–H groups in total. The van der Waals surface area contributed by atoms with Gasteiger partial charge in [0.2, 0.25) is 12.6 Å². The van der Waals surface area contributed by atoms with E-state index in [2.05, 4.69) is 13.2 Å². The zero-order valence-electron chi connectivity index (χ0n) is 29.3. The van der Waals surface area contributed by atoms with Gasteiger partial charge in [0, 0.05) is 16.6 Å². The van der Waals surface area contributed by atoms with Crippen LogP contribution in [-0.2, 0) is 43.4 Å². The van der Waals surface area contributed by atoms with Crippen molar-refractivity contribution in [3.8, 4) is 11.5 Å². The van der Waals surface area contributed by atoms with Gasteiger partial charge >= 0.3 is 11.9 Å². The van der Waals surface area contributed by atoms with Crippen molar-refractivity contribution >= 4 is 58.3 Å². The van der Waals surface area contributed by atoms with E-state index in [1.54, 1.807) is 65.8 Å². The fourth-order valence-corrected chi connectivity index (χ4v) is 5.47. The summed E-state index contributed by atoms with van der Waals surface area (Å²) >= 11 is 26.6. The molecule has 0 radical (unpaired) electrons. The van der Waals surface area contributed by atoms with Crippen LogP contribution in [0.25, 0.3) is 0 Å². The van der Waals surface area contributed by atoms with Gasteiger partial charge in [-0.1, -0.05) is 73.4 Å². The maximum absolute atomic E-state index is 11.7. The van der Waals surface area contributed by atoms with Crippen molar-refractivity contribution in [2.45, 2.75) is 112 Å². The fourth-order valence-electron chi connectivity index (χ4n) is 4.32. The molecule has 49 heavy (non-hydrogen) atoms. The van der Waals surface area contributed by atoms with Gasteiger partial charge in [-0.2, -0.15) is 0 Å². The third-order valence-corrected chi connectivity index (χ3v) is 7.91. The van der Waals surface area contributed by atoms with Gasteiger partial charge in [0.15, 0.2) is 36.7 Å². The average Bonchev–Trinajstić information content (AvgIpc) is 2.95. The predicted molar refractivity (Wildman–Crippen MR) is 189 cm³/mol. The van der Waals surface area contributed by atoms with Gasteiger partial charge in [-0.25, -0.2) is 9.59 Å². The lowest BCUT2D eigenvalue weighted by atomic mass is 9.78. The highest BCUT2D eigenvalue weighted by atomic mass is 35.5. The number of ether oxygens (including phenoxy) is 8. The van der Waals surface area contributed by atoms with Crippen LogP contribution >= 0.6 is 46.4 Å². The molecule has 10 nitrogen and oxygen atoms in total. The Morgan fingerprint density at radius 1 is 0.551 bits per heavy atom. The maximum atomic E-state index is 11.7. The number of carbonyl (C=O) groups excluding carboxylic acids is 2. The molecule has 6 unspecified atom stereocenters. The smallest absolute Gasteiger partial charge is 0.335 e. The normalized spacial score (nSPS) is 15.3. The SMILES string of the molecule is C=C(C)C(=O)OC(C)OC(C)OC(C)Oc1c(Cl)cc(C(C)(C)c2cc(Cl)c(OC(C)OC(C)OC(C)OC(=O)C(=C)C)c(Cl)c2)cc1Cl. The molecule has 6 atom stereocenters. The second-order valence-electron chi connectivity index (χ2n) is 11.7. The van der Waals surface area contributed by atoms with Crippen molar-refractivity contribution in [2.75, 3.05) is 0 Å². The van der Waals surface area contributed by atoms with Crippen LogP contribution in [0.1, 0.15) is 80.4 Å². The first-order valence-corrected chi connectivity index (χ1v) is 16.8. The summed E-state index contributed by atoms with van der Waals surface area (Å²) in [5.74, 6) is -0.737. The van der Waals surface area contributed by atoms with Crippen LogP contribution in [-0.4, -0.2) is 49.7 Å². The molecule has 0 aliphatic rings. The molecule has 0 bridgehead atoms. The van der Waals surface area contributed by atoms with Crippen LogP contribution in [0.3, 0.4) is 0 Å².